The minimum atomic E-state index is -2.03. The van der Waals surface area contributed by atoms with Crippen molar-refractivity contribution in [2.75, 3.05) is 33.0 Å². The van der Waals surface area contributed by atoms with Crippen LogP contribution in [-0.4, -0.2) is 43.9 Å². The van der Waals surface area contributed by atoms with Crippen LogP contribution in [0.4, 0.5) is 0 Å². The van der Waals surface area contributed by atoms with Gasteiger partial charge in [0.1, 0.15) is 0 Å². The van der Waals surface area contributed by atoms with Gasteiger partial charge in [-0.1, -0.05) is 26.2 Å². The molecule has 2 aliphatic heterocycles. The molecule has 2 aliphatic rings. The molecule has 0 aromatic carbocycles. The van der Waals surface area contributed by atoms with Gasteiger partial charge in [-0.15, -0.1) is 0 Å². The molecule has 0 saturated carbocycles. The van der Waals surface area contributed by atoms with Gasteiger partial charge in [-0.05, 0) is 62.9 Å². The van der Waals surface area contributed by atoms with Crippen molar-refractivity contribution < 1.29 is 9.05 Å². The SMILES string of the molecule is CCCCCO[P@](C)(=S)OC[C@H]1CCCN2CCCC[C@H]12. The van der Waals surface area contributed by atoms with E-state index in [0.29, 0.717) is 5.92 Å². The number of unbranched alkanes of at least 4 members (excludes halogenated alkanes) is 2. The molecule has 0 aliphatic carbocycles. The maximum Gasteiger partial charge on any atom is 0.185 e. The molecule has 0 spiro atoms. The average Bonchev–Trinajstić information content (AvgIpc) is 2.50. The third-order valence-corrected chi connectivity index (χ3v) is 6.73. The highest BCUT2D eigenvalue weighted by Crippen LogP contribution is 2.46. The zero-order valence-electron chi connectivity index (χ0n) is 13.8. The van der Waals surface area contributed by atoms with Crippen LogP contribution in [0, 0.1) is 5.92 Å². The summed E-state index contributed by atoms with van der Waals surface area (Å²) in [4.78, 5) is 2.68. The predicted octanol–water partition coefficient (Wildman–Crippen LogP) is 4.41. The fourth-order valence-electron chi connectivity index (χ4n) is 3.62. The molecule has 2 saturated heterocycles. The molecule has 5 heteroatoms. The number of rotatable bonds is 8. The second kappa shape index (κ2) is 8.98. The molecule has 2 rings (SSSR count). The summed E-state index contributed by atoms with van der Waals surface area (Å²) in [6.45, 7) is 6.32. The third kappa shape index (κ3) is 5.91. The largest absolute Gasteiger partial charge is 0.329 e. The van der Waals surface area contributed by atoms with Crippen LogP contribution in [0.5, 0.6) is 0 Å². The molecular formula is C16H32NO2PS. The van der Waals surface area contributed by atoms with Crippen molar-refractivity contribution in [3.63, 3.8) is 0 Å². The standard InChI is InChI=1S/C16H32NO2PS/c1-3-4-7-13-18-20(2,21)19-14-15-9-8-12-17-11-6-5-10-16(15)17/h15-16H,3-14H2,1-2H3/t15-,16-,20+/m1/s1. The molecule has 0 unspecified atom stereocenters. The van der Waals surface area contributed by atoms with Crippen molar-refractivity contribution in [1.82, 2.24) is 4.90 Å². The van der Waals surface area contributed by atoms with E-state index < -0.39 is 6.49 Å². The van der Waals surface area contributed by atoms with E-state index in [2.05, 4.69) is 11.8 Å². The van der Waals surface area contributed by atoms with Crippen LogP contribution in [0.25, 0.3) is 0 Å². The van der Waals surface area contributed by atoms with Crippen molar-refractivity contribution in [1.29, 1.82) is 0 Å². The minimum Gasteiger partial charge on any atom is -0.329 e. The molecule has 0 radical (unpaired) electrons. The summed E-state index contributed by atoms with van der Waals surface area (Å²) >= 11 is 5.56. The van der Waals surface area contributed by atoms with Crippen molar-refractivity contribution >= 4 is 18.3 Å². The molecule has 0 aromatic heterocycles. The Morgan fingerprint density at radius 3 is 2.71 bits per heavy atom. The molecule has 124 valence electrons. The smallest absolute Gasteiger partial charge is 0.185 e. The lowest BCUT2D eigenvalue weighted by atomic mass is 9.84. The zero-order valence-corrected chi connectivity index (χ0v) is 15.5. The monoisotopic (exact) mass is 333 g/mol. The van der Waals surface area contributed by atoms with Gasteiger partial charge in [0.25, 0.3) is 0 Å². The van der Waals surface area contributed by atoms with Crippen molar-refractivity contribution in [3.05, 3.63) is 0 Å². The summed E-state index contributed by atoms with van der Waals surface area (Å²) in [6.07, 6.45) is 10.2. The zero-order chi connectivity index (χ0) is 15.1. The lowest BCUT2D eigenvalue weighted by Gasteiger charge is -2.44. The molecule has 2 fully saturated rings. The lowest BCUT2D eigenvalue weighted by molar-refractivity contribution is 0.0358. The quantitative estimate of drug-likeness (QED) is 0.484. The highest BCUT2D eigenvalue weighted by molar-refractivity contribution is 8.09. The summed E-state index contributed by atoms with van der Waals surface area (Å²) in [7, 11) is 0. The Balaban J connectivity index is 1.74. The first-order valence-corrected chi connectivity index (χ1v) is 11.8. The molecule has 3 nitrogen and oxygen atoms in total. The first kappa shape index (κ1) is 17.9. The van der Waals surface area contributed by atoms with E-state index in [4.69, 9.17) is 20.9 Å². The van der Waals surface area contributed by atoms with Gasteiger partial charge in [-0.2, -0.15) is 0 Å². The average molecular weight is 333 g/mol. The van der Waals surface area contributed by atoms with Crippen LogP contribution in [0.15, 0.2) is 0 Å². The van der Waals surface area contributed by atoms with Crippen LogP contribution in [0.3, 0.4) is 0 Å². The minimum absolute atomic E-state index is 0.667. The highest BCUT2D eigenvalue weighted by Gasteiger charge is 2.33. The van der Waals surface area contributed by atoms with E-state index >= 15 is 0 Å². The first-order chi connectivity index (χ1) is 10.1. The summed E-state index contributed by atoms with van der Waals surface area (Å²) in [6, 6.07) is 0.739. The number of fused-ring (bicyclic) bond motifs is 1. The Kier molecular flexibility index (Phi) is 7.64. The summed E-state index contributed by atoms with van der Waals surface area (Å²) in [5, 5.41) is 0. The number of hydrogen-bond donors (Lipinski definition) is 0. The number of piperidine rings is 2. The molecular weight excluding hydrogens is 301 g/mol. The van der Waals surface area contributed by atoms with E-state index in [1.165, 1.54) is 58.0 Å². The maximum atomic E-state index is 6.08. The van der Waals surface area contributed by atoms with E-state index in [-0.39, 0.29) is 0 Å². The van der Waals surface area contributed by atoms with Crippen LogP contribution >= 0.6 is 6.49 Å². The van der Waals surface area contributed by atoms with Crippen LogP contribution in [0.1, 0.15) is 58.3 Å². The second-order valence-electron chi connectivity index (χ2n) is 6.61. The Bertz CT molecular complexity index is 351. The third-order valence-electron chi connectivity index (χ3n) is 4.83. The first-order valence-electron chi connectivity index (χ1n) is 8.73. The van der Waals surface area contributed by atoms with Crippen LogP contribution < -0.4 is 0 Å². The molecule has 0 amide bonds. The molecule has 2 heterocycles. The van der Waals surface area contributed by atoms with Gasteiger partial charge in [0.05, 0.1) is 13.2 Å². The normalized spacial score (nSPS) is 29.8. The van der Waals surface area contributed by atoms with Gasteiger partial charge in [0.15, 0.2) is 6.49 Å². The second-order valence-corrected chi connectivity index (χ2v) is 10.7. The molecule has 0 N–H and O–H groups in total. The van der Waals surface area contributed by atoms with Crippen LogP contribution in [0.2, 0.25) is 0 Å². The van der Waals surface area contributed by atoms with Gasteiger partial charge in [0.2, 0.25) is 0 Å². The van der Waals surface area contributed by atoms with E-state index in [9.17, 15) is 0 Å². The number of hydrogen-bond acceptors (Lipinski definition) is 4. The van der Waals surface area contributed by atoms with Gasteiger partial charge in [-0.3, -0.25) is 0 Å². The topological polar surface area (TPSA) is 21.7 Å². The fraction of sp³-hybridized carbons (Fsp3) is 1.00. The lowest BCUT2D eigenvalue weighted by Crippen LogP contribution is -2.49. The molecule has 21 heavy (non-hydrogen) atoms. The summed E-state index contributed by atoms with van der Waals surface area (Å²) in [5.41, 5.74) is 0. The van der Waals surface area contributed by atoms with Crippen LogP contribution in [-0.2, 0) is 20.9 Å². The number of nitrogens with zero attached hydrogens (tertiary/aromatic N) is 1. The van der Waals surface area contributed by atoms with E-state index in [0.717, 1.165) is 25.7 Å². The van der Waals surface area contributed by atoms with Gasteiger partial charge in [0, 0.05) is 12.7 Å². The highest BCUT2D eigenvalue weighted by atomic mass is 32.5. The Labute approximate surface area is 135 Å². The van der Waals surface area contributed by atoms with E-state index in [1.807, 2.05) is 6.66 Å². The Hall–Kier alpha value is 0.530. The molecule has 3 atom stereocenters. The summed E-state index contributed by atoms with van der Waals surface area (Å²) < 4.78 is 11.9. The molecule has 0 aromatic rings. The van der Waals surface area contributed by atoms with Crippen molar-refractivity contribution in [2.24, 2.45) is 5.92 Å². The maximum absolute atomic E-state index is 6.08. The van der Waals surface area contributed by atoms with E-state index in [1.54, 1.807) is 0 Å². The van der Waals surface area contributed by atoms with Crippen molar-refractivity contribution in [3.8, 4) is 0 Å². The predicted molar refractivity (Wildman–Crippen MR) is 93.6 cm³/mol. The van der Waals surface area contributed by atoms with Gasteiger partial charge in [-0.25, -0.2) is 0 Å². The van der Waals surface area contributed by atoms with Gasteiger partial charge < -0.3 is 13.9 Å². The Morgan fingerprint density at radius 2 is 1.90 bits per heavy atom. The summed E-state index contributed by atoms with van der Waals surface area (Å²) in [5.74, 6) is 0.667. The fourth-order valence-corrected chi connectivity index (χ4v) is 5.03. The Morgan fingerprint density at radius 1 is 1.10 bits per heavy atom. The van der Waals surface area contributed by atoms with Crippen molar-refractivity contribution in [2.45, 2.75) is 64.3 Å². The van der Waals surface area contributed by atoms with Gasteiger partial charge >= 0.3 is 0 Å². The molecule has 0 bridgehead atoms.